The molecule has 2 fully saturated rings. The SMILES string of the molecule is CN1CC(=O)N2C[C@H](NC(=O)c3ccc4c(c3)nnn4C)C[C@H]2C1=O. The quantitative estimate of drug-likeness (QED) is 0.765. The van der Waals surface area contributed by atoms with E-state index in [9.17, 15) is 14.4 Å². The van der Waals surface area contributed by atoms with Gasteiger partial charge in [-0.05, 0) is 24.6 Å². The molecule has 0 aliphatic carbocycles. The highest BCUT2D eigenvalue weighted by Gasteiger charge is 2.44. The number of nitrogens with one attached hydrogen (secondary N) is 1. The maximum absolute atomic E-state index is 12.5. The van der Waals surface area contributed by atoms with Crippen molar-refractivity contribution in [3.63, 3.8) is 0 Å². The molecule has 0 radical (unpaired) electrons. The fourth-order valence-corrected chi connectivity index (χ4v) is 3.53. The molecule has 3 amide bonds. The summed E-state index contributed by atoms with van der Waals surface area (Å²) in [7, 11) is 3.41. The van der Waals surface area contributed by atoms with Gasteiger partial charge in [0.15, 0.2) is 0 Å². The molecular formula is C16H18N6O3. The Balaban J connectivity index is 1.49. The number of carbonyl (C=O) groups excluding carboxylic acids is 3. The van der Waals surface area contributed by atoms with Crippen LogP contribution in [0, 0.1) is 0 Å². The number of aryl methyl sites for hydroxylation is 1. The summed E-state index contributed by atoms with van der Waals surface area (Å²) in [5.41, 5.74) is 1.97. The fourth-order valence-electron chi connectivity index (χ4n) is 3.53. The van der Waals surface area contributed by atoms with E-state index < -0.39 is 6.04 Å². The Morgan fingerprint density at radius 1 is 1.28 bits per heavy atom. The van der Waals surface area contributed by atoms with Crippen molar-refractivity contribution in [1.29, 1.82) is 0 Å². The molecular weight excluding hydrogens is 324 g/mol. The number of aromatic nitrogens is 3. The van der Waals surface area contributed by atoms with E-state index >= 15 is 0 Å². The van der Waals surface area contributed by atoms with Gasteiger partial charge in [0, 0.05) is 32.2 Å². The van der Waals surface area contributed by atoms with Gasteiger partial charge in [-0.15, -0.1) is 5.10 Å². The minimum absolute atomic E-state index is 0.0719. The van der Waals surface area contributed by atoms with Crippen LogP contribution in [0.4, 0.5) is 0 Å². The number of rotatable bonds is 2. The smallest absolute Gasteiger partial charge is 0.251 e. The highest BCUT2D eigenvalue weighted by Crippen LogP contribution is 2.24. The van der Waals surface area contributed by atoms with Crippen LogP contribution in [0.5, 0.6) is 0 Å². The maximum atomic E-state index is 12.5. The van der Waals surface area contributed by atoms with Crippen LogP contribution in [0.25, 0.3) is 11.0 Å². The predicted octanol–water partition coefficient (Wildman–Crippen LogP) is -0.860. The Morgan fingerprint density at radius 2 is 2.08 bits per heavy atom. The molecule has 1 aromatic carbocycles. The first kappa shape index (κ1) is 15.6. The summed E-state index contributed by atoms with van der Waals surface area (Å²) in [5.74, 6) is -0.396. The number of hydrogen-bond donors (Lipinski definition) is 1. The van der Waals surface area contributed by atoms with Crippen molar-refractivity contribution in [3.8, 4) is 0 Å². The van der Waals surface area contributed by atoms with E-state index in [0.717, 1.165) is 5.52 Å². The van der Waals surface area contributed by atoms with Crippen molar-refractivity contribution in [2.24, 2.45) is 7.05 Å². The van der Waals surface area contributed by atoms with Crippen LogP contribution in [0.3, 0.4) is 0 Å². The summed E-state index contributed by atoms with van der Waals surface area (Å²) in [6.45, 7) is 0.460. The molecule has 0 bridgehead atoms. The average molecular weight is 342 g/mol. The second-order valence-electron chi connectivity index (χ2n) is 6.58. The van der Waals surface area contributed by atoms with Crippen LogP contribution < -0.4 is 5.32 Å². The largest absolute Gasteiger partial charge is 0.347 e. The minimum Gasteiger partial charge on any atom is -0.347 e. The van der Waals surface area contributed by atoms with Gasteiger partial charge >= 0.3 is 0 Å². The molecule has 2 aromatic rings. The molecule has 0 unspecified atom stereocenters. The molecule has 1 N–H and O–H groups in total. The molecule has 9 nitrogen and oxygen atoms in total. The topological polar surface area (TPSA) is 100 Å². The zero-order valence-corrected chi connectivity index (χ0v) is 14.0. The number of amides is 3. The lowest BCUT2D eigenvalue weighted by Crippen LogP contribution is -2.55. The van der Waals surface area contributed by atoms with Crippen LogP contribution in [-0.2, 0) is 16.6 Å². The first-order chi connectivity index (χ1) is 11.9. The van der Waals surface area contributed by atoms with Crippen molar-refractivity contribution >= 4 is 28.8 Å². The molecule has 3 heterocycles. The van der Waals surface area contributed by atoms with E-state index in [1.807, 2.05) is 0 Å². The lowest BCUT2D eigenvalue weighted by molar-refractivity contribution is -0.152. The van der Waals surface area contributed by atoms with Gasteiger partial charge in [0.05, 0.1) is 12.1 Å². The third-order valence-corrected chi connectivity index (χ3v) is 4.86. The van der Waals surface area contributed by atoms with E-state index in [0.29, 0.717) is 24.0 Å². The van der Waals surface area contributed by atoms with Gasteiger partial charge < -0.3 is 15.1 Å². The Bertz CT molecular complexity index is 891. The highest BCUT2D eigenvalue weighted by molar-refractivity contribution is 5.98. The predicted molar refractivity (Wildman–Crippen MR) is 87.5 cm³/mol. The first-order valence-electron chi connectivity index (χ1n) is 8.09. The lowest BCUT2D eigenvalue weighted by Gasteiger charge is -2.33. The molecule has 2 aliphatic rings. The number of carbonyl (C=O) groups is 3. The normalized spacial score (nSPS) is 23.3. The summed E-state index contributed by atoms with van der Waals surface area (Å²) in [4.78, 5) is 39.8. The van der Waals surface area contributed by atoms with Crippen molar-refractivity contribution in [1.82, 2.24) is 30.1 Å². The molecule has 2 saturated heterocycles. The van der Waals surface area contributed by atoms with Gasteiger partial charge in [-0.25, -0.2) is 4.68 Å². The van der Waals surface area contributed by atoms with Gasteiger partial charge in [-0.3, -0.25) is 14.4 Å². The number of nitrogens with zero attached hydrogens (tertiary/aromatic N) is 5. The van der Waals surface area contributed by atoms with Gasteiger partial charge in [-0.1, -0.05) is 5.21 Å². The van der Waals surface area contributed by atoms with Crippen LogP contribution in [0.2, 0.25) is 0 Å². The van der Waals surface area contributed by atoms with Crippen LogP contribution >= 0.6 is 0 Å². The second kappa shape index (κ2) is 5.54. The molecule has 0 saturated carbocycles. The zero-order chi connectivity index (χ0) is 17.7. The average Bonchev–Trinajstić information content (AvgIpc) is 3.17. The standard InChI is InChI=1S/C16H18N6O3/c1-20-8-14(23)22-7-10(6-13(22)16(20)25)17-15(24)9-3-4-12-11(5-9)18-19-21(12)2/h3-5,10,13H,6-8H2,1-2H3,(H,17,24)/t10-,13+/m1/s1. The molecule has 4 rings (SSSR count). The summed E-state index contributed by atoms with van der Waals surface area (Å²) in [6, 6.07) is 4.48. The highest BCUT2D eigenvalue weighted by atomic mass is 16.2. The summed E-state index contributed by atoms with van der Waals surface area (Å²) < 4.78 is 1.64. The van der Waals surface area contributed by atoms with Crippen LogP contribution in [0.15, 0.2) is 18.2 Å². The van der Waals surface area contributed by atoms with Crippen LogP contribution in [0.1, 0.15) is 16.8 Å². The van der Waals surface area contributed by atoms with E-state index in [-0.39, 0.29) is 30.3 Å². The maximum Gasteiger partial charge on any atom is 0.251 e. The molecule has 0 spiro atoms. The third-order valence-electron chi connectivity index (χ3n) is 4.86. The van der Waals surface area contributed by atoms with Gasteiger partial charge in [0.25, 0.3) is 5.91 Å². The third kappa shape index (κ3) is 2.51. The van der Waals surface area contributed by atoms with Crippen molar-refractivity contribution in [2.75, 3.05) is 20.1 Å². The molecule has 130 valence electrons. The monoisotopic (exact) mass is 342 g/mol. The van der Waals surface area contributed by atoms with Crippen molar-refractivity contribution in [2.45, 2.75) is 18.5 Å². The lowest BCUT2D eigenvalue weighted by atomic mass is 10.1. The number of fused-ring (bicyclic) bond motifs is 2. The van der Waals surface area contributed by atoms with Gasteiger partial charge in [0.1, 0.15) is 11.6 Å². The van der Waals surface area contributed by atoms with E-state index in [1.165, 1.54) is 4.90 Å². The molecule has 9 heteroatoms. The Morgan fingerprint density at radius 3 is 2.88 bits per heavy atom. The molecule has 25 heavy (non-hydrogen) atoms. The summed E-state index contributed by atoms with van der Waals surface area (Å²) in [5, 5.41) is 10.9. The van der Waals surface area contributed by atoms with E-state index in [1.54, 1.807) is 41.9 Å². The number of piperazine rings is 1. The van der Waals surface area contributed by atoms with Gasteiger partial charge in [0.2, 0.25) is 11.8 Å². The fraction of sp³-hybridized carbons (Fsp3) is 0.438. The second-order valence-corrected chi connectivity index (χ2v) is 6.58. The van der Waals surface area contributed by atoms with E-state index in [4.69, 9.17) is 0 Å². The molecule has 2 aliphatic heterocycles. The summed E-state index contributed by atoms with van der Waals surface area (Å²) >= 11 is 0. The van der Waals surface area contributed by atoms with E-state index in [2.05, 4.69) is 15.6 Å². The zero-order valence-electron chi connectivity index (χ0n) is 14.0. The number of benzene rings is 1. The minimum atomic E-state index is -0.473. The van der Waals surface area contributed by atoms with Crippen LogP contribution in [-0.4, -0.2) is 74.7 Å². The Labute approximate surface area is 143 Å². The first-order valence-corrected chi connectivity index (χ1v) is 8.09. The van der Waals surface area contributed by atoms with Crippen molar-refractivity contribution < 1.29 is 14.4 Å². The Kier molecular flexibility index (Phi) is 3.45. The number of likely N-dealkylation sites (N-methyl/N-ethyl adjacent to an activating group) is 1. The van der Waals surface area contributed by atoms with Gasteiger partial charge in [-0.2, -0.15) is 0 Å². The summed E-state index contributed by atoms with van der Waals surface area (Å²) in [6.07, 6.45) is 0.439. The number of hydrogen-bond acceptors (Lipinski definition) is 5. The Hall–Kier alpha value is -2.97. The molecule has 1 aromatic heterocycles. The van der Waals surface area contributed by atoms with Crippen molar-refractivity contribution in [3.05, 3.63) is 23.8 Å². The molecule has 2 atom stereocenters.